The highest BCUT2D eigenvalue weighted by Gasteiger charge is 2.28. The Labute approximate surface area is 124 Å². The van der Waals surface area contributed by atoms with E-state index >= 15 is 0 Å². The number of anilines is 2. The minimum atomic E-state index is -0.0933. The average Bonchev–Trinajstić information content (AvgIpc) is 3.31. The van der Waals surface area contributed by atoms with Gasteiger partial charge in [-0.1, -0.05) is 18.2 Å². The number of amides is 2. The maximum Gasteiger partial charge on any atom is 0.326 e. The van der Waals surface area contributed by atoms with E-state index in [1.807, 2.05) is 48.2 Å². The van der Waals surface area contributed by atoms with Crippen molar-refractivity contribution in [3.05, 3.63) is 54.4 Å². The van der Waals surface area contributed by atoms with Crippen LogP contribution in [-0.4, -0.2) is 17.6 Å². The van der Waals surface area contributed by atoms with E-state index in [4.69, 9.17) is 0 Å². The van der Waals surface area contributed by atoms with Gasteiger partial charge in [0.15, 0.2) is 0 Å². The maximum absolute atomic E-state index is 12.6. The van der Waals surface area contributed by atoms with E-state index in [0.717, 1.165) is 23.5 Å². The summed E-state index contributed by atoms with van der Waals surface area (Å²) in [5.74, 6) is 0.629. The lowest BCUT2D eigenvalue weighted by atomic mass is 10.2. The highest BCUT2D eigenvalue weighted by Crippen LogP contribution is 2.32. The molecule has 1 aliphatic carbocycles. The summed E-state index contributed by atoms with van der Waals surface area (Å²) in [7, 11) is 0. The van der Waals surface area contributed by atoms with Crippen LogP contribution in [-0.2, 0) is 0 Å². The maximum atomic E-state index is 12.6. The van der Waals surface area contributed by atoms with E-state index in [2.05, 4.69) is 10.3 Å². The quantitative estimate of drug-likeness (QED) is 0.925. The van der Waals surface area contributed by atoms with Gasteiger partial charge in [-0.25, -0.2) is 4.79 Å². The van der Waals surface area contributed by atoms with Gasteiger partial charge in [-0.15, -0.1) is 0 Å². The van der Waals surface area contributed by atoms with Gasteiger partial charge in [-0.3, -0.25) is 9.88 Å². The average molecular weight is 281 g/mol. The first-order valence-electron chi connectivity index (χ1n) is 7.28. The van der Waals surface area contributed by atoms with Gasteiger partial charge in [0.1, 0.15) is 0 Å². The number of urea groups is 1. The second-order valence-electron chi connectivity index (χ2n) is 5.51. The fourth-order valence-corrected chi connectivity index (χ4v) is 2.34. The molecule has 0 radical (unpaired) electrons. The first kappa shape index (κ1) is 13.6. The molecule has 108 valence electrons. The topological polar surface area (TPSA) is 45.2 Å². The van der Waals surface area contributed by atoms with E-state index in [-0.39, 0.29) is 6.03 Å². The summed E-state index contributed by atoms with van der Waals surface area (Å²) in [5.41, 5.74) is 2.81. The fourth-order valence-electron chi connectivity index (χ4n) is 2.34. The zero-order valence-corrected chi connectivity index (χ0v) is 12.1. The molecule has 3 rings (SSSR count). The summed E-state index contributed by atoms with van der Waals surface area (Å²) in [6, 6.07) is 11.6. The van der Waals surface area contributed by atoms with Crippen LogP contribution in [0, 0.1) is 12.8 Å². The molecule has 1 saturated carbocycles. The largest absolute Gasteiger partial charge is 0.326 e. The third-order valence-electron chi connectivity index (χ3n) is 3.70. The predicted molar refractivity (Wildman–Crippen MR) is 84.5 cm³/mol. The Morgan fingerprint density at radius 3 is 2.76 bits per heavy atom. The van der Waals surface area contributed by atoms with Crippen molar-refractivity contribution in [2.24, 2.45) is 5.92 Å². The molecule has 0 saturated heterocycles. The molecule has 2 aromatic rings. The Hall–Kier alpha value is -2.36. The zero-order chi connectivity index (χ0) is 14.7. The Balaban J connectivity index is 1.81. The number of para-hydroxylation sites is 1. The van der Waals surface area contributed by atoms with Crippen molar-refractivity contribution >= 4 is 17.4 Å². The number of aromatic nitrogens is 1. The summed E-state index contributed by atoms with van der Waals surface area (Å²) in [6.45, 7) is 2.81. The van der Waals surface area contributed by atoms with E-state index in [1.165, 1.54) is 12.8 Å². The number of hydrogen-bond acceptors (Lipinski definition) is 2. The number of carbonyl (C=O) groups is 1. The van der Waals surface area contributed by atoms with Crippen molar-refractivity contribution in [3.8, 4) is 0 Å². The highest BCUT2D eigenvalue weighted by molar-refractivity contribution is 6.02. The highest BCUT2D eigenvalue weighted by atomic mass is 16.2. The molecule has 1 aliphatic rings. The summed E-state index contributed by atoms with van der Waals surface area (Å²) in [4.78, 5) is 18.5. The van der Waals surface area contributed by atoms with Gasteiger partial charge < -0.3 is 5.32 Å². The lowest BCUT2D eigenvalue weighted by Gasteiger charge is -2.24. The first-order chi connectivity index (χ1) is 10.2. The Morgan fingerprint density at radius 1 is 1.29 bits per heavy atom. The third-order valence-corrected chi connectivity index (χ3v) is 3.70. The van der Waals surface area contributed by atoms with Crippen LogP contribution >= 0.6 is 0 Å². The Morgan fingerprint density at radius 2 is 2.10 bits per heavy atom. The van der Waals surface area contributed by atoms with Crippen LogP contribution in [0.5, 0.6) is 0 Å². The molecule has 1 fully saturated rings. The van der Waals surface area contributed by atoms with Gasteiger partial charge >= 0.3 is 6.03 Å². The van der Waals surface area contributed by atoms with Crippen LogP contribution < -0.4 is 10.2 Å². The SMILES string of the molecule is Cc1ccccc1N(CC1CC1)C(=O)Nc1cccnc1. The van der Waals surface area contributed by atoms with Crippen LogP contribution in [0.1, 0.15) is 18.4 Å². The van der Waals surface area contributed by atoms with Crippen LogP contribution in [0.3, 0.4) is 0 Å². The monoisotopic (exact) mass is 281 g/mol. The summed E-state index contributed by atoms with van der Waals surface area (Å²) < 4.78 is 0. The number of benzene rings is 1. The smallest absolute Gasteiger partial charge is 0.306 e. The number of hydrogen-bond donors (Lipinski definition) is 1. The Kier molecular flexibility index (Phi) is 3.86. The molecule has 2 amide bonds. The lowest BCUT2D eigenvalue weighted by Crippen LogP contribution is -2.37. The predicted octanol–water partition coefficient (Wildman–Crippen LogP) is 3.84. The molecular weight excluding hydrogens is 262 g/mol. The molecular formula is C17H19N3O. The van der Waals surface area contributed by atoms with Gasteiger partial charge in [0.25, 0.3) is 0 Å². The van der Waals surface area contributed by atoms with Gasteiger partial charge in [-0.05, 0) is 49.4 Å². The van der Waals surface area contributed by atoms with Crippen LogP contribution in [0.4, 0.5) is 16.2 Å². The van der Waals surface area contributed by atoms with Gasteiger partial charge in [0, 0.05) is 18.4 Å². The molecule has 4 nitrogen and oxygen atoms in total. The number of nitrogens with one attached hydrogen (secondary N) is 1. The standard InChI is InChI=1S/C17H19N3O/c1-13-5-2-3-7-16(13)20(12-14-8-9-14)17(21)19-15-6-4-10-18-11-15/h2-7,10-11,14H,8-9,12H2,1H3,(H,19,21). The molecule has 1 aromatic carbocycles. The van der Waals surface area contributed by atoms with Gasteiger partial charge in [0.2, 0.25) is 0 Å². The zero-order valence-electron chi connectivity index (χ0n) is 12.1. The van der Waals surface area contributed by atoms with Crippen LogP contribution in [0.25, 0.3) is 0 Å². The molecule has 0 unspecified atom stereocenters. The summed E-state index contributed by atoms with van der Waals surface area (Å²) >= 11 is 0. The third kappa shape index (κ3) is 3.40. The van der Waals surface area contributed by atoms with E-state index in [9.17, 15) is 4.79 Å². The molecule has 0 spiro atoms. The summed E-state index contributed by atoms with van der Waals surface area (Å²) in [5, 5.41) is 2.93. The van der Waals surface area contributed by atoms with Crippen molar-refractivity contribution in [1.82, 2.24) is 4.98 Å². The minimum absolute atomic E-state index is 0.0933. The van der Waals surface area contributed by atoms with Crippen LogP contribution in [0.2, 0.25) is 0 Å². The second kappa shape index (κ2) is 5.95. The number of carbonyl (C=O) groups excluding carboxylic acids is 1. The molecule has 1 heterocycles. The van der Waals surface area contributed by atoms with Crippen molar-refractivity contribution in [2.45, 2.75) is 19.8 Å². The number of nitrogens with zero attached hydrogens (tertiary/aromatic N) is 2. The van der Waals surface area contributed by atoms with Gasteiger partial charge in [-0.2, -0.15) is 0 Å². The van der Waals surface area contributed by atoms with Crippen molar-refractivity contribution < 1.29 is 4.79 Å². The molecule has 1 aromatic heterocycles. The molecule has 1 N–H and O–H groups in total. The fraction of sp³-hybridized carbons (Fsp3) is 0.294. The van der Waals surface area contributed by atoms with Gasteiger partial charge in [0.05, 0.1) is 11.9 Å². The molecule has 4 heteroatoms. The molecule has 0 atom stereocenters. The van der Waals surface area contributed by atoms with Crippen molar-refractivity contribution in [1.29, 1.82) is 0 Å². The second-order valence-corrected chi connectivity index (χ2v) is 5.51. The molecule has 0 aliphatic heterocycles. The van der Waals surface area contributed by atoms with Crippen molar-refractivity contribution in [2.75, 3.05) is 16.8 Å². The normalized spacial score (nSPS) is 13.8. The number of rotatable bonds is 4. The van der Waals surface area contributed by atoms with E-state index in [0.29, 0.717) is 5.92 Å². The first-order valence-corrected chi connectivity index (χ1v) is 7.28. The number of aryl methyl sites for hydroxylation is 1. The van der Waals surface area contributed by atoms with E-state index < -0.39 is 0 Å². The minimum Gasteiger partial charge on any atom is -0.306 e. The van der Waals surface area contributed by atoms with E-state index in [1.54, 1.807) is 12.4 Å². The van der Waals surface area contributed by atoms with Crippen molar-refractivity contribution in [3.63, 3.8) is 0 Å². The number of pyridine rings is 1. The molecule has 21 heavy (non-hydrogen) atoms. The Bertz CT molecular complexity index is 623. The lowest BCUT2D eigenvalue weighted by molar-refractivity contribution is 0.256. The van der Waals surface area contributed by atoms with Crippen LogP contribution in [0.15, 0.2) is 48.8 Å². The summed E-state index contributed by atoms with van der Waals surface area (Å²) in [6.07, 6.45) is 5.77. The molecule has 0 bridgehead atoms.